The van der Waals surface area contributed by atoms with Gasteiger partial charge < -0.3 is 5.32 Å². The Labute approximate surface area is 180 Å². The number of aryl methyl sites for hydroxylation is 3. The second-order valence-corrected chi connectivity index (χ2v) is 8.51. The van der Waals surface area contributed by atoms with Gasteiger partial charge in [0.2, 0.25) is 5.91 Å². The smallest absolute Gasteiger partial charge is 0.272 e. The van der Waals surface area contributed by atoms with Crippen LogP contribution in [0, 0.1) is 24.0 Å². The molecule has 1 N–H and O–H groups in total. The Hall–Kier alpha value is -2.65. The summed E-state index contributed by atoms with van der Waals surface area (Å²) < 4.78 is 2.57. The van der Waals surface area contributed by atoms with Crippen molar-refractivity contribution >= 4 is 45.0 Å². The third-order valence-electron chi connectivity index (χ3n) is 4.10. The van der Waals surface area contributed by atoms with Crippen LogP contribution in [-0.4, -0.2) is 20.6 Å². The van der Waals surface area contributed by atoms with Crippen molar-refractivity contribution in [3.8, 4) is 0 Å². The van der Waals surface area contributed by atoms with Crippen molar-refractivity contribution in [2.75, 3.05) is 5.32 Å². The van der Waals surface area contributed by atoms with Gasteiger partial charge in [-0.25, -0.2) is 0 Å². The first kappa shape index (κ1) is 21.1. The maximum absolute atomic E-state index is 12.3. The number of carbonyl (C=O) groups excluding carboxylic acids is 1. The van der Waals surface area contributed by atoms with E-state index in [1.165, 1.54) is 23.9 Å². The second-order valence-electron chi connectivity index (χ2n) is 6.51. The summed E-state index contributed by atoms with van der Waals surface area (Å²) in [4.78, 5) is 24.8. The molecule has 0 bridgehead atoms. The lowest BCUT2D eigenvalue weighted by Crippen LogP contribution is -2.15. The van der Waals surface area contributed by atoms with E-state index in [2.05, 4.69) is 26.3 Å². The van der Waals surface area contributed by atoms with Crippen LogP contribution in [-0.2, 0) is 11.3 Å². The molecule has 1 heterocycles. The molecule has 0 atom stereocenters. The molecule has 2 aromatic carbocycles. The summed E-state index contributed by atoms with van der Waals surface area (Å²) in [5, 5.41) is 18.3. The molecule has 3 aromatic rings. The molecule has 0 fully saturated rings. The standard InChI is InChI=1S/C20H19BrN4O3S/c1-13-3-5-17(6-4-13)29-18-10-15(9-16(11-18)25(27)28)22-20(26)7-8-24-12-19(21)14(2)23-24/h3-6,9-12H,7-8H2,1-2H3,(H,22,26). The molecule has 29 heavy (non-hydrogen) atoms. The molecule has 0 unspecified atom stereocenters. The monoisotopic (exact) mass is 474 g/mol. The number of halogens is 1. The van der Waals surface area contributed by atoms with Crippen molar-refractivity contribution in [1.82, 2.24) is 9.78 Å². The molecule has 9 heteroatoms. The molecule has 150 valence electrons. The summed E-state index contributed by atoms with van der Waals surface area (Å²) in [6, 6.07) is 12.5. The van der Waals surface area contributed by atoms with Gasteiger partial charge in [0.15, 0.2) is 0 Å². The molecule has 0 aliphatic carbocycles. The number of nitro groups is 1. The van der Waals surface area contributed by atoms with Crippen LogP contribution in [0.15, 0.2) is 62.9 Å². The summed E-state index contributed by atoms with van der Waals surface area (Å²) in [5.74, 6) is -0.235. The maximum Gasteiger partial charge on any atom is 0.272 e. The van der Waals surface area contributed by atoms with E-state index in [4.69, 9.17) is 0 Å². The van der Waals surface area contributed by atoms with E-state index in [9.17, 15) is 14.9 Å². The Morgan fingerprint density at radius 1 is 1.21 bits per heavy atom. The fourth-order valence-electron chi connectivity index (χ4n) is 2.61. The average molecular weight is 475 g/mol. The number of benzene rings is 2. The van der Waals surface area contributed by atoms with Crippen LogP contribution in [0.3, 0.4) is 0 Å². The highest BCUT2D eigenvalue weighted by Gasteiger charge is 2.13. The fraction of sp³-hybridized carbons (Fsp3) is 0.200. The first-order valence-electron chi connectivity index (χ1n) is 8.83. The van der Waals surface area contributed by atoms with Crippen molar-refractivity contribution in [2.45, 2.75) is 36.6 Å². The van der Waals surface area contributed by atoms with Gasteiger partial charge in [0.25, 0.3) is 5.69 Å². The van der Waals surface area contributed by atoms with E-state index in [1.807, 2.05) is 44.3 Å². The third-order valence-corrected chi connectivity index (χ3v) is 5.85. The van der Waals surface area contributed by atoms with E-state index in [-0.39, 0.29) is 18.0 Å². The number of nitro benzene ring substituents is 1. The molecule has 1 amide bonds. The number of hydrogen-bond donors (Lipinski definition) is 1. The number of nitrogens with one attached hydrogen (secondary N) is 1. The second kappa shape index (κ2) is 9.23. The molecule has 7 nitrogen and oxygen atoms in total. The van der Waals surface area contributed by atoms with E-state index in [0.717, 1.165) is 20.6 Å². The number of hydrogen-bond acceptors (Lipinski definition) is 5. The molecule has 0 saturated carbocycles. The SMILES string of the molecule is Cc1ccc(Sc2cc(NC(=O)CCn3cc(Br)c(C)n3)cc([N+](=O)[O-])c2)cc1. The molecule has 0 aliphatic rings. The summed E-state index contributed by atoms with van der Waals surface area (Å²) >= 11 is 4.80. The molecule has 3 rings (SSSR count). The molecular weight excluding hydrogens is 456 g/mol. The zero-order valence-corrected chi connectivity index (χ0v) is 18.3. The Morgan fingerprint density at radius 3 is 2.55 bits per heavy atom. The number of carbonyl (C=O) groups is 1. The van der Waals surface area contributed by atoms with Crippen LogP contribution in [0.4, 0.5) is 11.4 Å². The maximum atomic E-state index is 12.3. The van der Waals surface area contributed by atoms with Gasteiger partial charge in [0, 0.05) is 46.8 Å². The van der Waals surface area contributed by atoms with Gasteiger partial charge in [-0.05, 0) is 48.0 Å². The fourth-order valence-corrected chi connectivity index (χ4v) is 3.84. The molecule has 0 aliphatic heterocycles. The van der Waals surface area contributed by atoms with Crippen molar-refractivity contribution in [3.63, 3.8) is 0 Å². The van der Waals surface area contributed by atoms with Gasteiger partial charge in [-0.3, -0.25) is 19.6 Å². The number of anilines is 1. The highest BCUT2D eigenvalue weighted by Crippen LogP contribution is 2.33. The molecule has 0 saturated heterocycles. The Balaban J connectivity index is 1.71. The normalized spacial score (nSPS) is 10.7. The number of rotatable bonds is 7. The third kappa shape index (κ3) is 5.91. The summed E-state index contributed by atoms with van der Waals surface area (Å²) in [6.45, 7) is 4.29. The Morgan fingerprint density at radius 2 is 1.93 bits per heavy atom. The molecule has 1 aromatic heterocycles. The van der Waals surface area contributed by atoms with Crippen LogP contribution >= 0.6 is 27.7 Å². The van der Waals surface area contributed by atoms with Crippen LogP contribution in [0.1, 0.15) is 17.7 Å². The minimum Gasteiger partial charge on any atom is -0.326 e. The Bertz CT molecular complexity index is 1030. The molecule has 0 radical (unpaired) electrons. The lowest BCUT2D eigenvalue weighted by Gasteiger charge is -2.08. The number of nitrogens with zero attached hydrogens (tertiary/aromatic N) is 3. The van der Waals surface area contributed by atoms with Gasteiger partial charge in [-0.1, -0.05) is 29.5 Å². The highest BCUT2D eigenvalue weighted by atomic mass is 79.9. The highest BCUT2D eigenvalue weighted by molar-refractivity contribution is 9.10. The van der Waals surface area contributed by atoms with Crippen LogP contribution in [0.25, 0.3) is 0 Å². The average Bonchev–Trinajstić information content (AvgIpc) is 2.99. The topological polar surface area (TPSA) is 90.1 Å². The van der Waals surface area contributed by atoms with Crippen molar-refractivity contribution in [1.29, 1.82) is 0 Å². The number of non-ortho nitro benzene ring substituents is 1. The molecular formula is C20H19BrN4O3S. The van der Waals surface area contributed by atoms with Crippen LogP contribution in [0.2, 0.25) is 0 Å². The summed E-state index contributed by atoms with van der Waals surface area (Å²) in [7, 11) is 0. The Kier molecular flexibility index (Phi) is 6.71. The number of aromatic nitrogens is 2. The minimum atomic E-state index is -0.459. The largest absolute Gasteiger partial charge is 0.326 e. The predicted octanol–water partition coefficient (Wildman–Crippen LogP) is 5.35. The van der Waals surface area contributed by atoms with Crippen LogP contribution in [0.5, 0.6) is 0 Å². The molecule has 0 spiro atoms. The summed E-state index contributed by atoms with van der Waals surface area (Å²) in [6.07, 6.45) is 2.02. The van der Waals surface area contributed by atoms with Gasteiger partial charge in [-0.15, -0.1) is 0 Å². The zero-order chi connectivity index (χ0) is 21.0. The first-order valence-corrected chi connectivity index (χ1v) is 10.4. The zero-order valence-electron chi connectivity index (χ0n) is 15.9. The first-order chi connectivity index (χ1) is 13.8. The van der Waals surface area contributed by atoms with E-state index in [1.54, 1.807) is 10.7 Å². The lowest BCUT2D eigenvalue weighted by atomic mass is 10.2. The van der Waals surface area contributed by atoms with Gasteiger partial charge >= 0.3 is 0 Å². The van der Waals surface area contributed by atoms with Crippen molar-refractivity contribution in [2.24, 2.45) is 0 Å². The minimum absolute atomic E-state index is 0.0657. The lowest BCUT2D eigenvalue weighted by molar-refractivity contribution is -0.385. The van der Waals surface area contributed by atoms with E-state index >= 15 is 0 Å². The van der Waals surface area contributed by atoms with Crippen molar-refractivity contribution < 1.29 is 9.72 Å². The number of amides is 1. The van der Waals surface area contributed by atoms with Crippen LogP contribution < -0.4 is 5.32 Å². The van der Waals surface area contributed by atoms with Gasteiger partial charge in [0.05, 0.1) is 15.1 Å². The van der Waals surface area contributed by atoms with Gasteiger partial charge in [0.1, 0.15) is 0 Å². The van der Waals surface area contributed by atoms with E-state index in [0.29, 0.717) is 17.1 Å². The van der Waals surface area contributed by atoms with Crippen molar-refractivity contribution in [3.05, 3.63) is 74.5 Å². The van der Waals surface area contributed by atoms with Gasteiger partial charge in [-0.2, -0.15) is 5.10 Å². The summed E-state index contributed by atoms with van der Waals surface area (Å²) in [5.41, 5.74) is 2.32. The predicted molar refractivity (Wildman–Crippen MR) is 116 cm³/mol. The quantitative estimate of drug-likeness (QED) is 0.368. The van der Waals surface area contributed by atoms with E-state index < -0.39 is 4.92 Å².